The maximum absolute atomic E-state index is 3.63. The van der Waals surface area contributed by atoms with Crippen molar-refractivity contribution in [3.05, 3.63) is 96.6 Å². The predicted octanol–water partition coefficient (Wildman–Crippen LogP) is 7.95. The van der Waals surface area contributed by atoms with Gasteiger partial charge in [-0.1, -0.05) is 93.6 Å². The summed E-state index contributed by atoms with van der Waals surface area (Å²) in [5, 5.41) is 2.57. The van der Waals surface area contributed by atoms with E-state index in [9.17, 15) is 0 Å². The Morgan fingerprint density at radius 1 is 0.586 bits per heavy atom. The molecule has 0 unspecified atom stereocenters. The molecule has 5 aromatic rings. The van der Waals surface area contributed by atoms with Crippen LogP contribution in [0, 0.1) is 0 Å². The van der Waals surface area contributed by atoms with Gasteiger partial charge in [-0.25, -0.2) is 0 Å². The van der Waals surface area contributed by atoms with Crippen LogP contribution >= 0.6 is 0 Å². The average Bonchev–Trinajstić information content (AvgIpc) is 3.12. The summed E-state index contributed by atoms with van der Waals surface area (Å²) in [4.78, 5) is 3.63. The van der Waals surface area contributed by atoms with Crippen LogP contribution in [0.1, 0.15) is 26.3 Å². The van der Waals surface area contributed by atoms with E-state index in [0.29, 0.717) is 0 Å². The van der Waals surface area contributed by atoms with Crippen LogP contribution in [-0.4, -0.2) is 4.98 Å². The summed E-state index contributed by atoms with van der Waals surface area (Å²) in [5.74, 6) is 0. The minimum atomic E-state index is 0.162. The smallest absolute Gasteiger partial charge is 0.0477 e. The number of fused-ring (bicyclic) bond motifs is 3. The van der Waals surface area contributed by atoms with Crippen LogP contribution in [0.25, 0.3) is 44.1 Å². The first-order valence-electron chi connectivity index (χ1n) is 10.2. The van der Waals surface area contributed by atoms with Gasteiger partial charge in [0.2, 0.25) is 0 Å². The number of aromatic nitrogens is 1. The van der Waals surface area contributed by atoms with Crippen molar-refractivity contribution in [2.24, 2.45) is 0 Å². The lowest BCUT2D eigenvalue weighted by atomic mass is 9.86. The zero-order valence-corrected chi connectivity index (χ0v) is 17.2. The quantitative estimate of drug-likeness (QED) is 0.322. The SMILES string of the molecule is CC(C)(C)c1ccc(-c2cc(-c3ccccc3)c3c(c2)[nH]c2ccccc23)cc1. The molecule has 1 N–H and O–H groups in total. The molecule has 0 fully saturated rings. The molecule has 29 heavy (non-hydrogen) atoms. The van der Waals surface area contributed by atoms with Crippen LogP contribution in [0.3, 0.4) is 0 Å². The molecule has 0 bridgehead atoms. The number of benzene rings is 4. The molecule has 1 heteroatoms. The maximum Gasteiger partial charge on any atom is 0.0477 e. The summed E-state index contributed by atoms with van der Waals surface area (Å²) in [6.45, 7) is 6.77. The number of rotatable bonds is 2. The monoisotopic (exact) mass is 375 g/mol. The fourth-order valence-electron chi connectivity index (χ4n) is 4.16. The van der Waals surface area contributed by atoms with Gasteiger partial charge < -0.3 is 4.98 Å². The molecular weight excluding hydrogens is 350 g/mol. The van der Waals surface area contributed by atoms with Crippen molar-refractivity contribution in [3.63, 3.8) is 0 Å². The van der Waals surface area contributed by atoms with E-state index in [1.807, 2.05) is 0 Å². The first-order valence-corrected chi connectivity index (χ1v) is 10.2. The van der Waals surface area contributed by atoms with Crippen molar-refractivity contribution in [2.75, 3.05) is 0 Å². The normalized spacial score (nSPS) is 12.0. The summed E-state index contributed by atoms with van der Waals surface area (Å²) < 4.78 is 0. The highest BCUT2D eigenvalue weighted by molar-refractivity contribution is 6.15. The van der Waals surface area contributed by atoms with Crippen LogP contribution in [-0.2, 0) is 5.41 Å². The highest BCUT2D eigenvalue weighted by atomic mass is 14.7. The summed E-state index contributed by atoms with van der Waals surface area (Å²) in [6, 6.07) is 32.9. The molecular formula is C28H25N. The Kier molecular flexibility index (Phi) is 4.06. The van der Waals surface area contributed by atoms with Gasteiger partial charge in [-0.2, -0.15) is 0 Å². The van der Waals surface area contributed by atoms with Gasteiger partial charge in [0.05, 0.1) is 0 Å². The second kappa shape index (κ2) is 6.63. The van der Waals surface area contributed by atoms with Gasteiger partial charge in [0.1, 0.15) is 0 Å². The van der Waals surface area contributed by atoms with Crippen molar-refractivity contribution in [1.82, 2.24) is 4.98 Å². The van der Waals surface area contributed by atoms with E-state index in [1.165, 1.54) is 49.6 Å². The van der Waals surface area contributed by atoms with E-state index < -0.39 is 0 Å². The van der Waals surface area contributed by atoms with Crippen LogP contribution in [0.5, 0.6) is 0 Å². The van der Waals surface area contributed by atoms with E-state index in [2.05, 4.69) is 117 Å². The number of aromatic amines is 1. The van der Waals surface area contributed by atoms with Crippen molar-refractivity contribution < 1.29 is 0 Å². The Hall–Kier alpha value is -3.32. The van der Waals surface area contributed by atoms with Gasteiger partial charge >= 0.3 is 0 Å². The maximum atomic E-state index is 3.63. The van der Waals surface area contributed by atoms with Crippen LogP contribution in [0.2, 0.25) is 0 Å². The van der Waals surface area contributed by atoms with Gasteiger partial charge in [-0.05, 0) is 51.4 Å². The summed E-state index contributed by atoms with van der Waals surface area (Å²) in [6.07, 6.45) is 0. The Bertz CT molecular complexity index is 1300. The summed E-state index contributed by atoms with van der Waals surface area (Å²) in [7, 11) is 0. The van der Waals surface area contributed by atoms with Gasteiger partial charge in [0, 0.05) is 21.8 Å². The van der Waals surface area contributed by atoms with E-state index in [1.54, 1.807) is 0 Å². The number of H-pyrrole nitrogens is 1. The lowest BCUT2D eigenvalue weighted by Crippen LogP contribution is -2.10. The highest BCUT2D eigenvalue weighted by Crippen LogP contribution is 2.38. The molecule has 0 aliphatic heterocycles. The average molecular weight is 376 g/mol. The third-order valence-corrected chi connectivity index (χ3v) is 5.77. The number of hydrogen-bond donors (Lipinski definition) is 1. The largest absolute Gasteiger partial charge is 0.354 e. The van der Waals surface area contributed by atoms with Crippen molar-refractivity contribution >= 4 is 21.8 Å². The highest BCUT2D eigenvalue weighted by Gasteiger charge is 2.15. The molecule has 4 aromatic carbocycles. The van der Waals surface area contributed by atoms with Crippen LogP contribution in [0.15, 0.2) is 91.0 Å². The predicted molar refractivity (Wildman–Crippen MR) is 125 cm³/mol. The number of hydrogen-bond acceptors (Lipinski definition) is 0. The molecule has 0 amide bonds. The topological polar surface area (TPSA) is 15.8 Å². The van der Waals surface area contributed by atoms with Crippen molar-refractivity contribution in [3.8, 4) is 22.3 Å². The minimum Gasteiger partial charge on any atom is -0.354 e. The van der Waals surface area contributed by atoms with Crippen molar-refractivity contribution in [2.45, 2.75) is 26.2 Å². The van der Waals surface area contributed by atoms with Crippen LogP contribution < -0.4 is 0 Å². The first-order chi connectivity index (χ1) is 14.0. The molecule has 1 aromatic heterocycles. The van der Waals surface area contributed by atoms with E-state index in [-0.39, 0.29) is 5.41 Å². The van der Waals surface area contributed by atoms with Crippen molar-refractivity contribution in [1.29, 1.82) is 0 Å². The Morgan fingerprint density at radius 2 is 1.28 bits per heavy atom. The summed E-state index contributed by atoms with van der Waals surface area (Å²) >= 11 is 0. The molecule has 0 spiro atoms. The van der Waals surface area contributed by atoms with E-state index in [4.69, 9.17) is 0 Å². The minimum absolute atomic E-state index is 0.162. The lowest BCUT2D eigenvalue weighted by Gasteiger charge is -2.19. The van der Waals surface area contributed by atoms with Gasteiger partial charge in [0.15, 0.2) is 0 Å². The van der Waals surface area contributed by atoms with E-state index >= 15 is 0 Å². The molecule has 0 saturated carbocycles. The zero-order chi connectivity index (χ0) is 20.0. The van der Waals surface area contributed by atoms with E-state index in [0.717, 1.165) is 0 Å². The first kappa shape index (κ1) is 17.8. The second-order valence-electron chi connectivity index (χ2n) is 8.81. The molecule has 0 aliphatic carbocycles. The molecule has 142 valence electrons. The van der Waals surface area contributed by atoms with Gasteiger partial charge in [-0.15, -0.1) is 0 Å². The van der Waals surface area contributed by atoms with Crippen LogP contribution in [0.4, 0.5) is 0 Å². The lowest BCUT2D eigenvalue weighted by molar-refractivity contribution is 0.590. The third-order valence-electron chi connectivity index (χ3n) is 5.77. The molecule has 0 atom stereocenters. The third kappa shape index (κ3) is 3.13. The second-order valence-corrected chi connectivity index (χ2v) is 8.81. The van der Waals surface area contributed by atoms with Gasteiger partial charge in [0.25, 0.3) is 0 Å². The standard InChI is InChI=1S/C28H25N/c1-28(2,3)22-15-13-19(14-16-22)21-17-24(20-9-5-4-6-10-20)27-23-11-7-8-12-25(23)29-26(27)18-21/h4-18,29H,1-3H3. The summed E-state index contributed by atoms with van der Waals surface area (Å²) in [5.41, 5.74) is 8.89. The molecule has 1 heterocycles. The van der Waals surface area contributed by atoms with Gasteiger partial charge in [-0.3, -0.25) is 0 Å². The Morgan fingerprint density at radius 3 is 2.00 bits per heavy atom. The molecule has 0 radical (unpaired) electrons. The number of para-hydroxylation sites is 1. The molecule has 0 aliphatic rings. The fraction of sp³-hybridized carbons (Fsp3) is 0.143. The Balaban J connectivity index is 1.77. The molecule has 5 rings (SSSR count). The molecule has 1 nitrogen and oxygen atoms in total. The fourth-order valence-corrected chi connectivity index (χ4v) is 4.16. The molecule has 0 saturated heterocycles. The number of nitrogens with one attached hydrogen (secondary N) is 1. The Labute approximate surface area is 172 Å². The zero-order valence-electron chi connectivity index (χ0n) is 17.2.